The molecule has 4 nitrogen and oxygen atoms in total. The number of aromatic nitrogens is 1. The van der Waals surface area contributed by atoms with E-state index in [4.69, 9.17) is 5.73 Å². The number of rotatable bonds is 3. The van der Waals surface area contributed by atoms with Crippen molar-refractivity contribution in [3.63, 3.8) is 0 Å². The Balaban J connectivity index is 1.78. The number of para-hydroxylation sites is 1. The van der Waals surface area contributed by atoms with Gasteiger partial charge in [0.25, 0.3) is 0 Å². The first-order valence-electron chi connectivity index (χ1n) is 6.30. The Hall–Kier alpha value is -1.81. The molecule has 0 spiro atoms. The number of nitrogens with zero attached hydrogens (tertiary/aromatic N) is 1. The van der Waals surface area contributed by atoms with E-state index in [0.29, 0.717) is 25.4 Å². The first kappa shape index (κ1) is 11.3. The highest BCUT2D eigenvalue weighted by molar-refractivity contribution is 5.81. The molecule has 1 saturated heterocycles. The van der Waals surface area contributed by atoms with E-state index in [9.17, 15) is 4.79 Å². The fraction of sp³-hybridized carbons (Fsp3) is 0.357. The number of likely N-dealkylation sites (tertiary alicyclic amines) is 1. The van der Waals surface area contributed by atoms with Crippen LogP contribution in [-0.2, 0) is 11.3 Å². The Kier molecular flexibility index (Phi) is 2.80. The van der Waals surface area contributed by atoms with Gasteiger partial charge >= 0.3 is 0 Å². The molecular formula is C14H17N3O. The summed E-state index contributed by atoms with van der Waals surface area (Å²) in [4.78, 5) is 17.1. The summed E-state index contributed by atoms with van der Waals surface area (Å²) in [5.41, 5.74) is 7.83. The molecule has 1 aliphatic rings. The highest BCUT2D eigenvalue weighted by atomic mass is 16.2. The van der Waals surface area contributed by atoms with Gasteiger partial charge in [0.15, 0.2) is 0 Å². The van der Waals surface area contributed by atoms with E-state index in [1.807, 2.05) is 23.1 Å². The Morgan fingerprint density at radius 2 is 2.22 bits per heavy atom. The lowest BCUT2D eigenvalue weighted by Gasteiger charge is -2.15. The number of benzene rings is 1. The minimum absolute atomic E-state index is 0.212. The second-order valence-corrected chi connectivity index (χ2v) is 4.96. The third kappa shape index (κ3) is 1.99. The normalized spacial score (nSPS) is 19.9. The number of hydrogen-bond acceptors (Lipinski definition) is 2. The van der Waals surface area contributed by atoms with Crippen molar-refractivity contribution in [1.29, 1.82) is 0 Å². The molecule has 2 aromatic rings. The standard InChI is InChI=1S/C14H17N3O/c15-7-10-5-14(18)17(8-10)9-12-6-11-3-1-2-4-13(11)16-12/h1-4,6,10,16H,5,7-9,15H2. The summed E-state index contributed by atoms with van der Waals surface area (Å²) in [5.74, 6) is 0.533. The monoisotopic (exact) mass is 243 g/mol. The molecule has 1 atom stereocenters. The third-order valence-electron chi connectivity index (χ3n) is 3.57. The number of nitrogens with two attached hydrogens (primary N) is 1. The fourth-order valence-corrected chi connectivity index (χ4v) is 2.59. The van der Waals surface area contributed by atoms with Gasteiger partial charge in [-0.05, 0) is 30.0 Å². The summed E-state index contributed by atoms with van der Waals surface area (Å²) in [7, 11) is 0. The van der Waals surface area contributed by atoms with Gasteiger partial charge in [0.1, 0.15) is 0 Å². The summed E-state index contributed by atoms with van der Waals surface area (Å²) < 4.78 is 0. The van der Waals surface area contributed by atoms with Crippen molar-refractivity contribution in [2.75, 3.05) is 13.1 Å². The van der Waals surface area contributed by atoms with Crippen molar-refractivity contribution in [2.24, 2.45) is 11.7 Å². The average Bonchev–Trinajstić information content (AvgIpc) is 2.93. The molecule has 1 aromatic carbocycles. The Morgan fingerprint density at radius 1 is 1.39 bits per heavy atom. The van der Waals surface area contributed by atoms with Gasteiger partial charge in [-0.1, -0.05) is 18.2 Å². The number of carbonyl (C=O) groups is 1. The minimum atomic E-state index is 0.212. The molecule has 0 aliphatic carbocycles. The Morgan fingerprint density at radius 3 is 2.94 bits per heavy atom. The number of H-pyrrole nitrogens is 1. The van der Waals surface area contributed by atoms with Crippen LogP contribution in [-0.4, -0.2) is 28.9 Å². The SMILES string of the molecule is NCC1CC(=O)N(Cc2cc3ccccc3[nH]2)C1. The van der Waals surface area contributed by atoms with Crippen LogP contribution in [0.4, 0.5) is 0 Å². The zero-order valence-corrected chi connectivity index (χ0v) is 10.2. The Labute approximate surface area is 106 Å². The van der Waals surface area contributed by atoms with Crippen LogP contribution < -0.4 is 5.73 Å². The van der Waals surface area contributed by atoms with Gasteiger partial charge in [0, 0.05) is 24.2 Å². The molecule has 1 fully saturated rings. The predicted molar refractivity (Wildman–Crippen MR) is 70.9 cm³/mol. The van der Waals surface area contributed by atoms with Crippen LogP contribution in [0.15, 0.2) is 30.3 Å². The summed E-state index contributed by atoms with van der Waals surface area (Å²) in [6.45, 7) is 2.03. The lowest BCUT2D eigenvalue weighted by atomic mass is 10.1. The van der Waals surface area contributed by atoms with Crippen molar-refractivity contribution in [3.05, 3.63) is 36.0 Å². The van der Waals surface area contributed by atoms with Gasteiger partial charge in [0.2, 0.25) is 5.91 Å². The van der Waals surface area contributed by atoms with Crippen molar-refractivity contribution >= 4 is 16.8 Å². The third-order valence-corrected chi connectivity index (χ3v) is 3.57. The largest absolute Gasteiger partial charge is 0.357 e. The van der Waals surface area contributed by atoms with E-state index < -0.39 is 0 Å². The number of hydrogen-bond donors (Lipinski definition) is 2. The second-order valence-electron chi connectivity index (χ2n) is 4.96. The summed E-state index contributed by atoms with van der Waals surface area (Å²) in [5, 5.41) is 1.19. The molecule has 4 heteroatoms. The van der Waals surface area contributed by atoms with E-state index in [0.717, 1.165) is 17.8 Å². The van der Waals surface area contributed by atoms with Gasteiger partial charge < -0.3 is 15.6 Å². The maximum Gasteiger partial charge on any atom is 0.223 e. The molecule has 0 saturated carbocycles. The number of fused-ring (bicyclic) bond motifs is 1. The van der Waals surface area contributed by atoms with E-state index in [2.05, 4.69) is 17.1 Å². The van der Waals surface area contributed by atoms with E-state index in [1.54, 1.807) is 0 Å². The predicted octanol–water partition coefficient (Wildman–Crippen LogP) is 1.48. The van der Waals surface area contributed by atoms with Gasteiger partial charge in [-0.2, -0.15) is 0 Å². The molecular weight excluding hydrogens is 226 g/mol. The zero-order valence-electron chi connectivity index (χ0n) is 10.2. The number of carbonyl (C=O) groups excluding carboxylic acids is 1. The fourth-order valence-electron chi connectivity index (χ4n) is 2.59. The molecule has 3 N–H and O–H groups in total. The summed E-state index contributed by atoms with van der Waals surface area (Å²) in [6, 6.07) is 10.3. The zero-order chi connectivity index (χ0) is 12.5. The van der Waals surface area contributed by atoms with Crippen LogP contribution in [0.25, 0.3) is 10.9 Å². The maximum absolute atomic E-state index is 11.8. The van der Waals surface area contributed by atoms with E-state index in [-0.39, 0.29) is 5.91 Å². The number of amides is 1. The van der Waals surface area contributed by atoms with E-state index >= 15 is 0 Å². The smallest absolute Gasteiger partial charge is 0.223 e. The molecule has 2 heterocycles. The molecule has 0 bridgehead atoms. The van der Waals surface area contributed by atoms with Crippen molar-refractivity contribution in [2.45, 2.75) is 13.0 Å². The van der Waals surface area contributed by atoms with Crippen LogP contribution in [0.1, 0.15) is 12.1 Å². The maximum atomic E-state index is 11.8. The lowest BCUT2D eigenvalue weighted by molar-refractivity contribution is -0.128. The van der Waals surface area contributed by atoms with Gasteiger partial charge in [-0.3, -0.25) is 4.79 Å². The van der Waals surface area contributed by atoms with Crippen LogP contribution in [0.2, 0.25) is 0 Å². The molecule has 94 valence electrons. The van der Waals surface area contributed by atoms with Crippen molar-refractivity contribution in [1.82, 2.24) is 9.88 Å². The quantitative estimate of drug-likeness (QED) is 0.857. The van der Waals surface area contributed by atoms with Crippen LogP contribution in [0.5, 0.6) is 0 Å². The van der Waals surface area contributed by atoms with Crippen molar-refractivity contribution in [3.8, 4) is 0 Å². The number of nitrogens with one attached hydrogen (secondary N) is 1. The first-order valence-corrected chi connectivity index (χ1v) is 6.30. The van der Waals surface area contributed by atoms with Gasteiger partial charge in [-0.15, -0.1) is 0 Å². The second kappa shape index (κ2) is 4.46. The van der Waals surface area contributed by atoms with E-state index in [1.165, 1.54) is 5.39 Å². The highest BCUT2D eigenvalue weighted by Gasteiger charge is 2.28. The first-order chi connectivity index (χ1) is 8.76. The van der Waals surface area contributed by atoms with Crippen molar-refractivity contribution < 1.29 is 4.79 Å². The van der Waals surface area contributed by atoms with Gasteiger partial charge in [0.05, 0.1) is 6.54 Å². The van der Waals surface area contributed by atoms with Crippen LogP contribution in [0.3, 0.4) is 0 Å². The van der Waals surface area contributed by atoms with Gasteiger partial charge in [-0.25, -0.2) is 0 Å². The molecule has 1 unspecified atom stereocenters. The van der Waals surface area contributed by atoms with Crippen LogP contribution in [0, 0.1) is 5.92 Å². The molecule has 1 amide bonds. The minimum Gasteiger partial charge on any atom is -0.357 e. The molecule has 18 heavy (non-hydrogen) atoms. The Bertz CT molecular complexity index is 542. The number of aromatic amines is 1. The molecule has 0 radical (unpaired) electrons. The topological polar surface area (TPSA) is 62.1 Å². The van der Waals surface area contributed by atoms with Crippen LogP contribution >= 0.6 is 0 Å². The molecule has 3 rings (SSSR count). The highest BCUT2D eigenvalue weighted by Crippen LogP contribution is 2.21. The molecule has 1 aromatic heterocycles. The lowest BCUT2D eigenvalue weighted by Crippen LogP contribution is -2.25. The summed E-state index contributed by atoms with van der Waals surface area (Å²) >= 11 is 0. The average molecular weight is 243 g/mol. The summed E-state index contributed by atoms with van der Waals surface area (Å²) in [6.07, 6.45) is 0.594. The molecule has 1 aliphatic heterocycles.